The number of nitrogens with zero attached hydrogens (tertiary/aromatic N) is 5. The first-order valence-corrected chi connectivity index (χ1v) is 18.0. The number of sulfonamides is 2. The van der Waals surface area contributed by atoms with E-state index in [1.165, 1.54) is 19.9 Å². The highest BCUT2D eigenvalue weighted by Crippen LogP contribution is 2.29. The van der Waals surface area contributed by atoms with Crippen LogP contribution in [0.2, 0.25) is 0 Å². The van der Waals surface area contributed by atoms with Gasteiger partial charge in [-0.1, -0.05) is 5.92 Å². The molecule has 0 aliphatic carbocycles. The summed E-state index contributed by atoms with van der Waals surface area (Å²) in [5, 5.41) is 1.06. The van der Waals surface area contributed by atoms with Crippen molar-refractivity contribution < 1.29 is 26.4 Å². The summed E-state index contributed by atoms with van der Waals surface area (Å²) in [5.74, 6) is 2.05. The third-order valence-electron chi connectivity index (χ3n) is 8.26. The van der Waals surface area contributed by atoms with Crippen molar-refractivity contribution in [2.75, 3.05) is 65.3 Å². The van der Waals surface area contributed by atoms with Gasteiger partial charge in [-0.15, -0.1) is 17.8 Å². The Labute approximate surface area is 255 Å². The second-order valence-electron chi connectivity index (χ2n) is 11.1. The molecule has 1 unspecified atom stereocenters. The number of amides is 1. The molecule has 43 heavy (non-hydrogen) atoms. The Hall–Kier alpha value is -2.84. The number of carbonyl (C=O) groups excluding carboxylic acids is 1. The van der Waals surface area contributed by atoms with Gasteiger partial charge in [-0.2, -0.15) is 8.61 Å². The molecule has 2 fully saturated rings. The van der Waals surface area contributed by atoms with Gasteiger partial charge >= 0.3 is 0 Å². The predicted octanol–water partition coefficient (Wildman–Crippen LogP) is 1.16. The van der Waals surface area contributed by atoms with Crippen LogP contribution < -0.4 is 0 Å². The highest BCUT2D eigenvalue weighted by Gasteiger charge is 2.39. The number of aromatic nitrogens is 2. The minimum Gasteiger partial charge on any atom is -0.379 e. The molecule has 2 saturated heterocycles. The molecular weight excluding hydrogens is 613 g/mol. The maximum atomic E-state index is 13.8. The number of carbonyl (C=O) groups is 1. The average molecular weight is 647 g/mol. The molecule has 5 heterocycles. The summed E-state index contributed by atoms with van der Waals surface area (Å²) in [6.45, 7) is 2.94. The van der Waals surface area contributed by atoms with E-state index in [-0.39, 0.29) is 55.8 Å². The fourth-order valence-corrected chi connectivity index (χ4v) is 9.97. The number of terminal acetylenes is 1. The van der Waals surface area contributed by atoms with Crippen LogP contribution >= 0.6 is 11.3 Å². The standard InChI is InChI=1S/C28H34N6O6S3/c1-3-20-4-5-23-21(16-20)17-26(29-23)43(38,39)33-9-10-34(28(35)27-30-24-6-8-31(2)19-25(24)41-27)22(18-33)7-15-42(36,37)32-11-13-40-14-12-32/h1,4-5,16-17,22,29H,6-15,18-19H2,2H3. The second-order valence-corrected chi connectivity index (χ2v) is 16.2. The van der Waals surface area contributed by atoms with E-state index in [0.717, 1.165) is 30.1 Å². The quantitative estimate of drug-likeness (QED) is 0.378. The van der Waals surface area contributed by atoms with Crippen LogP contribution in [0.15, 0.2) is 29.3 Å². The Morgan fingerprint density at radius 3 is 2.67 bits per heavy atom. The lowest BCUT2D eigenvalue weighted by Crippen LogP contribution is -2.57. The van der Waals surface area contributed by atoms with Crippen LogP contribution in [0.3, 0.4) is 0 Å². The van der Waals surface area contributed by atoms with Crippen LogP contribution in [0.5, 0.6) is 0 Å². The number of rotatable bonds is 7. The van der Waals surface area contributed by atoms with Crippen molar-refractivity contribution in [2.45, 2.75) is 30.5 Å². The molecule has 1 amide bonds. The monoisotopic (exact) mass is 646 g/mol. The number of likely N-dealkylation sites (N-methyl/N-ethyl adjacent to an activating group) is 1. The molecular formula is C28H34N6O6S3. The summed E-state index contributed by atoms with van der Waals surface area (Å²) in [4.78, 5) is 26.3. The van der Waals surface area contributed by atoms with Crippen LogP contribution in [0, 0.1) is 12.3 Å². The molecule has 230 valence electrons. The third kappa shape index (κ3) is 6.10. The molecule has 15 heteroatoms. The van der Waals surface area contributed by atoms with E-state index in [1.54, 1.807) is 29.2 Å². The fourth-order valence-electron chi connectivity index (χ4n) is 5.81. The van der Waals surface area contributed by atoms with E-state index in [0.29, 0.717) is 34.7 Å². The number of benzene rings is 1. The molecule has 3 aliphatic rings. The van der Waals surface area contributed by atoms with E-state index in [2.05, 4.69) is 20.8 Å². The molecule has 1 N–H and O–H groups in total. The van der Waals surface area contributed by atoms with Gasteiger partial charge in [-0.3, -0.25) is 4.79 Å². The van der Waals surface area contributed by atoms with Crippen molar-refractivity contribution in [3.63, 3.8) is 0 Å². The van der Waals surface area contributed by atoms with Gasteiger partial charge < -0.3 is 19.5 Å². The van der Waals surface area contributed by atoms with Crippen molar-refractivity contribution >= 4 is 48.2 Å². The first-order valence-electron chi connectivity index (χ1n) is 14.2. The Balaban J connectivity index is 1.26. The number of morpholine rings is 1. The molecule has 0 spiro atoms. The zero-order valence-electron chi connectivity index (χ0n) is 23.9. The molecule has 3 aromatic rings. The highest BCUT2D eigenvalue weighted by atomic mass is 32.2. The Bertz CT molecular complexity index is 1790. The smallest absolute Gasteiger partial charge is 0.283 e. The molecule has 1 aromatic carbocycles. The van der Waals surface area contributed by atoms with Gasteiger partial charge in [0.15, 0.2) is 5.01 Å². The van der Waals surface area contributed by atoms with Crippen LogP contribution in [-0.4, -0.2) is 122 Å². The van der Waals surface area contributed by atoms with Crippen molar-refractivity contribution in [1.82, 2.24) is 28.4 Å². The fraction of sp³-hybridized carbons (Fsp3) is 0.500. The number of fused-ring (bicyclic) bond motifs is 2. The van der Waals surface area contributed by atoms with E-state index < -0.39 is 26.1 Å². The number of thiazole rings is 1. The molecule has 0 saturated carbocycles. The molecule has 1 atom stereocenters. The van der Waals surface area contributed by atoms with Crippen molar-refractivity contribution in [3.05, 3.63) is 45.4 Å². The summed E-state index contributed by atoms with van der Waals surface area (Å²) in [6.07, 6.45) is 6.36. The first-order chi connectivity index (χ1) is 20.5. The van der Waals surface area contributed by atoms with Gasteiger partial charge in [0.25, 0.3) is 15.9 Å². The Morgan fingerprint density at radius 2 is 1.91 bits per heavy atom. The SMILES string of the molecule is C#Cc1ccc2[nH]c(S(=O)(=O)N3CCN(C(=O)c4nc5c(s4)CN(C)CC5)C(CCS(=O)(=O)N4CCOCC4)C3)cc2c1. The number of H-pyrrole nitrogens is 1. The lowest BCUT2D eigenvalue weighted by molar-refractivity contribution is 0.0556. The number of hydrogen-bond acceptors (Lipinski definition) is 9. The molecule has 12 nitrogen and oxygen atoms in total. The summed E-state index contributed by atoms with van der Waals surface area (Å²) in [6, 6.07) is 6.11. The molecule has 0 bridgehead atoms. The molecule has 3 aliphatic heterocycles. The normalized spacial score (nSPS) is 21.1. The number of aromatic amines is 1. The number of hydrogen-bond donors (Lipinski definition) is 1. The van der Waals surface area contributed by atoms with Crippen molar-refractivity contribution in [1.29, 1.82) is 0 Å². The summed E-state index contributed by atoms with van der Waals surface area (Å²) in [5.41, 5.74) is 2.20. The van der Waals surface area contributed by atoms with E-state index >= 15 is 0 Å². The zero-order chi connectivity index (χ0) is 30.4. The lowest BCUT2D eigenvalue weighted by atomic mass is 10.1. The molecule has 0 radical (unpaired) electrons. The second kappa shape index (κ2) is 11.9. The van der Waals surface area contributed by atoms with Gasteiger partial charge in [0, 0.05) is 79.6 Å². The lowest BCUT2D eigenvalue weighted by Gasteiger charge is -2.40. The van der Waals surface area contributed by atoms with E-state index in [1.807, 2.05) is 7.05 Å². The highest BCUT2D eigenvalue weighted by molar-refractivity contribution is 7.89. The Morgan fingerprint density at radius 1 is 1.12 bits per heavy atom. The minimum atomic E-state index is -3.98. The summed E-state index contributed by atoms with van der Waals surface area (Å²) in [7, 11) is -5.58. The van der Waals surface area contributed by atoms with E-state index in [4.69, 9.17) is 11.2 Å². The topological polar surface area (TPSA) is 136 Å². The average Bonchev–Trinajstić information content (AvgIpc) is 3.64. The minimum absolute atomic E-state index is 0.0212. The number of nitrogens with one attached hydrogen (secondary N) is 1. The molecule has 6 rings (SSSR count). The molecule has 2 aromatic heterocycles. The van der Waals surface area contributed by atoms with Gasteiger partial charge in [0.2, 0.25) is 10.0 Å². The van der Waals surface area contributed by atoms with Crippen LogP contribution in [0.4, 0.5) is 0 Å². The van der Waals surface area contributed by atoms with Gasteiger partial charge in [0.05, 0.1) is 24.7 Å². The largest absolute Gasteiger partial charge is 0.379 e. The van der Waals surface area contributed by atoms with Gasteiger partial charge in [0.1, 0.15) is 5.03 Å². The van der Waals surface area contributed by atoms with E-state index in [9.17, 15) is 21.6 Å². The van der Waals surface area contributed by atoms with Gasteiger partial charge in [-0.05, 0) is 37.7 Å². The van der Waals surface area contributed by atoms with Gasteiger partial charge in [-0.25, -0.2) is 21.8 Å². The summed E-state index contributed by atoms with van der Waals surface area (Å²) < 4.78 is 62.0. The Kier molecular flexibility index (Phi) is 8.37. The number of ether oxygens (including phenoxy) is 1. The van der Waals surface area contributed by atoms with Crippen LogP contribution in [-0.2, 0) is 37.7 Å². The van der Waals surface area contributed by atoms with Crippen molar-refractivity contribution in [3.8, 4) is 12.3 Å². The first kappa shape index (κ1) is 30.2. The number of piperazine rings is 1. The van der Waals surface area contributed by atoms with Crippen LogP contribution in [0.1, 0.15) is 32.4 Å². The van der Waals surface area contributed by atoms with Crippen LogP contribution in [0.25, 0.3) is 10.9 Å². The predicted molar refractivity (Wildman–Crippen MR) is 163 cm³/mol. The van der Waals surface area contributed by atoms with Crippen molar-refractivity contribution in [2.24, 2.45) is 0 Å². The third-order valence-corrected chi connectivity index (χ3v) is 13.0. The maximum Gasteiger partial charge on any atom is 0.283 e. The maximum absolute atomic E-state index is 13.8. The zero-order valence-corrected chi connectivity index (χ0v) is 26.3. The summed E-state index contributed by atoms with van der Waals surface area (Å²) >= 11 is 1.36.